The standard InChI is InChI=1S/C24H25NO2.ClH/c1-2-6-20(7-3-1)19-27-24-12-10-23(11-13-24)26-17-16-25-15-14-21-8-4-5-9-22(21)18-25;/h1-13H,14-19H2;1H. The van der Waals surface area contributed by atoms with Crippen molar-refractivity contribution < 1.29 is 9.47 Å². The number of rotatable bonds is 7. The Morgan fingerprint density at radius 2 is 1.36 bits per heavy atom. The molecule has 0 saturated carbocycles. The minimum absolute atomic E-state index is 0. The zero-order valence-corrected chi connectivity index (χ0v) is 16.7. The van der Waals surface area contributed by atoms with E-state index >= 15 is 0 Å². The average molecular weight is 396 g/mol. The van der Waals surface area contributed by atoms with E-state index in [0.29, 0.717) is 13.2 Å². The fourth-order valence-corrected chi connectivity index (χ4v) is 3.41. The molecule has 3 nitrogen and oxygen atoms in total. The number of fused-ring (bicyclic) bond motifs is 1. The molecule has 0 fully saturated rings. The third kappa shape index (κ3) is 5.51. The Hall–Kier alpha value is -2.49. The van der Waals surface area contributed by atoms with Crippen LogP contribution in [-0.2, 0) is 19.6 Å². The first kappa shape index (κ1) is 20.2. The number of hydrogen-bond acceptors (Lipinski definition) is 3. The van der Waals surface area contributed by atoms with Crippen molar-refractivity contribution in [2.45, 2.75) is 19.6 Å². The highest BCUT2D eigenvalue weighted by Gasteiger charge is 2.15. The molecule has 3 aromatic rings. The van der Waals surface area contributed by atoms with Crippen LogP contribution < -0.4 is 9.47 Å². The SMILES string of the molecule is Cl.c1ccc(COc2ccc(OCCN3CCc4ccccc4C3)cc2)cc1. The molecule has 0 radical (unpaired) electrons. The van der Waals surface area contributed by atoms with E-state index in [1.54, 1.807) is 0 Å². The molecule has 1 aliphatic heterocycles. The summed E-state index contributed by atoms with van der Waals surface area (Å²) in [7, 11) is 0. The Bertz CT molecular complexity index is 852. The topological polar surface area (TPSA) is 21.7 Å². The molecule has 0 spiro atoms. The van der Waals surface area contributed by atoms with Gasteiger partial charge in [-0.1, -0.05) is 54.6 Å². The monoisotopic (exact) mass is 395 g/mol. The second-order valence-corrected chi connectivity index (χ2v) is 6.89. The maximum absolute atomic E-state index is 5.92. The maximum atomic E-state index is 5.92. The number of halogens is 1. The van der Waals surface area contributed by atoms with E-state index in [0.717, 1.165) is 37.6 Å². The van der Waals surface area contributed by atoms with Gasteiger partial charge in [0.05, 0.1) is 0 Å². The summed E-state index contributed by atoms with van der Waals surface area (Å²) >= 11 is 0. The van der Waals surface area contributed by atoms with Crippen LogP contribution in [0.15, 0.2) is 78.9 Å². The van der Waals surface area contributed by atoms with Gasteiger partial charge in [-0.3, -0.25) is 4.90 Å². The summed E-state index contributed by atoms with van der Waals surface area (Å²) in [5.41, 5.74) is 4.10. The van der Waals surface area contributed by atoms with Crippen LogP contribution in [-0.4, -0.2) is 24.6 Å². The van der Waals surface area contributed by atoms with Gasteiger partial charge in [-0.2, -0.15) is 0 Å². The lowest BCUT2D eigenvalue weighted by Gasteiger charge is -2.28. The van der Waals surface area contributed by atoms with Gasteiger partial charge in [-0.25, -0.2) is 0 Å². The molecule has 146 valence electrons. The second-order valence-electron chi connectivity index (χ2n) is 6.89. The van der Waals surface area contributed by atoms with Crippen molar-refractivity contribution in [3.63, 3.8) is 0 Å². The molecular weight excluding hydrogens is 370 g/mol. The summed E-state index contributed by atoms with van der Waals surface area (Å²) in [5, 5.41) is 0. The van der Waals surface area contributed by atoms with Gasteiger partial charge in [0.1, 0.15) is 24.7 Å². The molecule has 4 rings (SSSR count). The Labute approximate surface area is 173 Å². The molecular formula is C24H26ClNO2. The quantitative estimate of drug-likeness (QED) is 0.554. The summed E-state index contributed by atoms with van der Waals surface area (Å²) in [6, 6.07) is 26.8. The van der Waals surface area contributed by atoms with Crippen LogP contribution in [0.4, 0.5) is 0 Å². The van der Waals surface area contributed by atoms with E-state index in [4.69, 9.17) is 9.47 Å². The van der Waals surface area contributed by atoms with E-state index in [-0.39, 0.29) is 12.4 Å². The Kier molecular flexibility index (Phi) is 7.35. The predicted molar refractivity (Wildman–Crippen MR) is 115 cm³/mol. The van der Waals surface area contributed by atoms with Gasteiger partial charge < -0.3 is 9.47 Å². The third-order valence-corrected chi connectivity index (χ3v) is 4.96. The first-order valence-electron chi connectivity index (χ1n) is 9.55. The van der Waals surface area contributed by atoms with Gasteiger partial charge in [0.2, 0.25) is 0 Å². The lowest BCUT2D eigenvalue weighted by Crippen LogP contribution is -2.33. The van der Waals surface area contributed by atoms with Crippen molar-refractivity contribution in [1.82, 2.24) is 4.90 Å². The average Bonchev–Trinajstić information content (AvgIpc) is 2.74. The van der Waals surface area contributed by atoms with Gasteiger partial charge in [-0.15, -0.1) is 12.4 Å². The van der Waals surface area contributed by atoms with Crippen molar-refractivity contribution in [2.24, 2.45) is 0 Å². The summed E-state index contributed by atoms with van der Waals surface area (Å²) in [4.78, 5) is 2.46. The van der Waals surface area contributed by atoms with Crippen LogP contribution in [0.25, 0.3) is 0 Å². The normalized spacial score (nSPS) is 13.3. The first-order valence-corrected chi connectivity index (χ1v) is 9.55. The van der Waals surface area contributed by atoms with Crippen LogP contribution in [0.5, 0.6) is 11.5 Å². The zero-order chi connectivity index (χ0) is 18.3. The Balaban J connectivity index is 0.00000225. The van der Waals surface area contributed by atoms with Crippen LogP contribution in [0.1, 0.15) is 16.7 Å². The van der Waals surface area contributed by atoms with E-state index < -0.39 is 0 Å². The minimum atomic E-state index is 0. The molecule has 1 heterocycles. The number of nitrogens with zero attached hydrogens (tertiary/aromatic N) is 1. The summed E-state index contributed by atoms with van der Waals surface area (Å²) < 4.78 is 11.7. The molecule has 0 aliphatic carbocycles. The van der Waals surface area contributed by atoms with Gasteiger partial charge in [-0.05, 0) is 47.4 Å². The van der Waals surface area contributed by atoms with E-state index in [2.05, 4.69) is 41.3 Å². The molecule has 0 N–H and O–H groups in total. The maximum Gasteiger partial charge on any atom is 0.120 e. The third-order valence-electron chi connectivity index (χ3n) is 4.96. The lowest BCUT2D eigenvalue weighted by molar-refractivity contribution is 0.196. The van der Waals surface area contributed by atoms with E-state index in [1.165, 1.54) is 16.7 Å². The molecule has 1 aliphatic rings. The summed E-state index contributed by atoms with van der Waals surface area (Å²) in [6.07, 6.45) is 1.13. The molecule has 4 heteroatoms. The van der Waals surface area contributed by atoms with Crippen LogP contribution >= 0.6 is 12.4 Å². The fourth-order valence-electron chi connectivity index (χ4n) is 3.41. The molecule has 0 unspecified atom stereocenters. The Morgan fingerprint density at radius 3 is 2.11 bits per heavy atom. The van der Waals surface area contributed by atoms with Crippen molar-refractivity contribution >= 4 is 12.4 Å². The smallest absolute Gasteiger partial charge is 0.120 e. The van der Waals surface area contributed by atoms with Crippen LogP contribution in [0.2, 0.25) is 0 Å². The van der Waals surface area contributed by atoms with Gasteiger partial charge in [0.25, 0.3) is 0 Å². The van der Waals surface area contributed by atoms with Gasteiger partial charge >= 0.3 is 0 Å². The Morgan fingerprint density at radius 1 is 0.714 bits per heavy atom. The molecule has 0 amide bonds. The fraction of sp³-hybridized carbons (Fsp3) is 0.250. The molecule has 0 bridgehead atoms. The van der Waals surface area contributed by atoms with E-state index in [1.807, 2.05) is 42.5 Å². The molecule has 0 atom stereocenters. The lowest BCUT2D eigenvalue weighted by atomic mass is 10.0. The highest BCUT2D eigenvalue weighted by Crippen LogP contribution is 2.20. The zero-order valence-electron chi connectivity index (χ0n) is 15.9. The van der Waals surface area contributed by atoms with Gasteiger partial charge in [0.15, 0.2) is 0 Å². The number of ether oxygens (including phenoxy) is 2. The molecule has 3 aromatic carbocycles. The predicted octanol–water partition coefficient (Wildman–Crippen LogP) is 5.12. The highest BCUT2D eigenvalue weighted by atomic mass is 35.5. The van der Waals surface area contributed by atoms with Crippen molar-refractivity contribution in [1.29, 1.82) is 0 Å². The summed E-state index contributed by atoms with van der Waals surface area (Å²) in [5.74, 6) is 1.75. The first-order chi connectivity index (χ1) is 13.4. The van der Waals surface area contributed by atoms with E-state index in [9.17, 15) is 0 Å². The number of benzene rings is 3. The highest BCUT2D eigenvalue weighted by molar-refractivity contribution is 5.85. The van der Waals surface area contributed by atoms with Crippen molar-refractivity contribution in [3.05, 3.63) is 95.6 Å². The summed E-state index contributed by atoms with van der Waals surface area (Å²) in [6.45, 7) is 4.35. The molecule has 0 aromatic heterocycles. The van der Waals surface area contributed by atoms with Crippen LogP contribution in [0, 0.1) is 0 Å². The van der Waals surface area contributed by atoms with Crippen molar-refractivity contribution in [3.8, 4) is 11.5 Å². The van der Waals surface area contributed by atoms with Gasteiger partial charge in [0, 0.05) is 19.6 Å². The molecule has 28 heavy (non-hydrogen) atoms. The second kappa shape index (κ2) is 10.2. The molecule has 0 saturated heterocycles. The largest absolute Gasteiger partial charge is 0.492 e. The van der Waals surface area contributed by atoms with Crippen molar-refractivity contribution in [2.75, 3.05) is 19.7 Å². The van der Waals surface area contributed by atoms with Crippen LogP contribution in [0.3, 0.4) is 0 Å². The number of hydrogen-bond donors (Lipinski definition) is 0. The minimum Gasteiger partial charge on any atom is -0.492 e.